The zero-order chi connectivity index (χ0) is 15.9. The van der Waals surface area contributed by atoms with E-state index in [1.165, 1.54) is 6.08 Å². The van der Waals surface area contributed by atoms with E-state index in [9.17, 15) is 4.79 Å². The van der Waals surface area contributed by atoms with E-state index in [0.717, 1.165) is 15.6 Å². The zero-order valence-corrected chi connectivity index (χ0v) is 14.1. The van der Waals surface area contributed by atoms with Crippen molar-refractivity contribution in [2.45, 2.75) is 13.2 Å². The minimum absolute atomic E-state index is 0.112. The number of hydrogen-bond acceptors (Lipinski definition) is 4. The van der Waals surface area contributed by atoms with Crippen LogP contribution in [0.4, 0.5) is 0 Å². The molecule has 0 aliphatic rings. The second-order valence-corrected chi connectivity index (χ2v) is 5.49. The molecule has 1 heterocycles. The van der Waals surface area contributed by atoms with Gasteiger partial charge >= 0.3 is 0 Å². The van der Waals surface area contributed by atoms with Gasteiger partial charge in [0.2, 0.25) is 0 Å². The van der Waals surface area contributed by atoms with Gasteiger partial charge < -0.3 is 13.9 Å². The molecule has 5 heteroatoms. The van der Waals surface area contributed by atoms with Crippen molar-refractivity contribution in [3.05, 3.63) is 63.5 Å². The predicted molar refractivity (Wildman–Crippen MR) is 87.6 cm³/mol. The third kappa shape index (κ3) is 4.16. The molecule has 116 valence electrons. The van der Waals surface area contributed by atoms with Crippen LogP contribution < -0.4 is 0 Å². The molecule has 1 aromatic carbocycles. The largest absolute Gasteiger partial charge is 0.465 e. The summed E-state index contributed by atoms with van der Waals surface area (Å²) in [5, 5.41) is 0. The maximum atomic E-state index is 12.4. The first kappa shape index (κ1) is 16.7. The molecule has 0 fully saturated rings. The predicted octanol–water partition coefficient (Wildman–Crippen LogP) is 4.23. The van der Waals surface area contributed by atoms with Crippen molar-refractivity contribution in [2.24, 2.45) is 0 Å². The average molecular weight is 365 g/mol. The fourth-order valence-corrected chi connectivity index (χ4v) is 2.61. The molecule has 4 nitrogen and oxygen atoms in total. The van der Waals surface area contributed by atoms with Crippen LogP contribution in [0.2, 0.25) is 0 Å². The molecule has 0 spiro atoms. The molecular weight excluding hydrogens is 348 g/mol. The van der Waals surface area contributed by atoms with E-state index >= 15 is 0 Å². The maximum absolute atomic E-state index is 12.4. The lowest BCUT2D eigenvalue weighted by atomic mass is 10.0. The van der Waals surface area contributed by atoms with Crippen molar-refractivity contribution < 1.29 is 18.7 Å². The van der Waals surface area contributed by atoms with Gasteiger partial charge in [0.15, 0.2) is 5.78 Å². The third-order valence-corrected chi connectivity index (χ3v) is 3.96. The molecule has 1 aromatic heterocycles. The van der Waals surface area contributed by atoms with Crippen molar-refractivity contribution >= 4 is 27.8 Å². The Kier molecular flexibility index (Phi) is 6.12. The van der Waals surface area contributed by atoms with Crippen LogP contribution in [-0.2, 0) is 22.7 Å². The van der Waals surface area contributed by atoms with Crippen LogP contribution in [0.1, 0.15) is 27.2 Å². The van der Waals surface area contributed by atoms with Crippen molar-refractivity contribution in [1.82, 2.24) is 0 Å². The first-order valence-electron chi connectivity index (χ1n) is 6.70. The summed E-state index contributed by atoms with van der Waals surface area (Å²) in [6, 6.07) is 7.35. The summed E-state index contributed by atoms with van der Waals surface area (Å²) >= 11 is 3.49. The van der Waals surface area contributed by atoms with Gasteiger partial charge in [0.25, 0.3) is 0 Å². The fourth-order valence-electron chi connectivity index (χ4n) is 2.07. The minimum atomic E-state index is -0.112. The second kappa shape index (κ2) is 8.08. The highest BCUT2D eigenvalue weighted by Gasteiger charge is 2.13. The van der Waals surface area contributed by atoms with Crippen molar-refractivity contribution in [2.75, 3.05) is 14.2 Å². The van der Waals surface area contributed by atoms with E-state index < -0.39 is 0 Å². The Morgan fingerprint density at radius 3 is 2.68 bits per heavy atom. The molecule has 0 aliphatic heterocycles. The van der Waals surface area contributed by atoms with Gasteiger partial charge in [-0.1, -0.05) is 0 Å². The van der Waals surface area contributed by atoms with E-state index in [2.05, 4.69) is 15.9 Å². The Bertz CT molecular complexity index is 660. The molecule has 0 unspecified atom stereocenters. The summed E-state index contributed by atoms with van der Waals surface area (Å²) in [5.74, 6) is 0.521. The Morgan fingerprint density at radius 1 is 1.27 bits per heavy atom. The quantitative estimate of drug-likeness (QED) is 0.544. The summed E-state index contributed by atoms with van der Waals surface area (Å²) in [7, 11) is 3.24. The fraction of sp³-hybridized carbons (Fsp3) is 0.235. The van der Waals surface area contributed by atoms with E-state index in [-0.39, 0.29) is 5.78 Å². The van der Waals surface area contributed by atoms with Crippen LogP contribution in [0.3, 0.4) is 0 Å². The van der Waals surface area contributed by atoms with E-state index in [1.807, 2.05) is 12.1 Å². The number of methoxy groups -OCH3 is 2. The molecule has 2 aromatic rings. The van der Waals surface area contributed by atoms with Gasteiger partial charge in [-0.15, -0.1) is 0 Å². The lowest BCUT2D eigenvalue weighted by Crippen LogP contribution is -2.03. The summed E-state index contributed by atoms with van der Waals surface area (Å²) in [4.78, 5) is 12.4. The molecule has 0 saturated heterocycles. The van der Waals surface area contributed by atoms with Gasteiger partial charge in [-0.05, 0) is 63.5 Å². The minimum Gasteiger partial charge on any atom is -0.465 e. The highest BCUT2D eigenvalue weighted by molar-refractivity contribution is 9.10. The van der Waals surface area contributed by atoms with Gasteiger partial charge in [-0.25, -0.2) is 0 Å². The third-order valence-electron chi connectivity index (χ3n) is 3.03. The van der Waals surface area contributed by atoms with Crippen molar-refractivity contribution in [1.29, 1.82) is 0 Å². The SMILES string of the molecule is COCc1cc(COC)c(Br)c(C(=O)/C=C/c2ccco2)c1. The second-order valence-electron chi connectivity index (χ2n) is 4.70. The zero-order valence-electron chi connectivity index (χ0n) is 12.5. The Labute approximate surface area is 137 Å². The number of benzene rings is 1. The van der Waals surface area contributed by atoms with Gasteiger partial charge in [-0.3, -0.25) is 4.79 Å². The molecule has 2 rings (SSSR count). The number of carbonyl (C=O) groups is 1. The van der Waals surface area contributed by atoms with Gasteiger partial charge in [0.1, 0.15) is 5.76 Å². The van der Waals surface area contributed by atoms with E-state index in [0.29, 0.717) is 24.5 Å². The molecule has 0 amide bonds. The highest BCUT2D eigenvalue weighted by Crippen LogP contribution is 2.26. The molecule has 0 atom stereocenters. The molecule has 0 aliphatic carbocycles. The lowest BCUT2D eigenvalue weighted by molar-refractivity contribution is 0.104. The number of carbonyl (C=O) groups excluding carboxylic acids is 1. The van der Waals surface area contributed by atoms with Crippen molar-refractivity contribution in [3.63, 3.8) is 0 Å². The monoisotopic (exact) mass is 364 g/mol. The first-order chi connectivity index (χ1) is 10.7. The Hall–Kier alpha value is -1.69. The summed E-state index contributed by atoms with van der Waals surface area (Å²) in [5.41, 5.74) is 2.41. The van der Waals surface area contributed by atoms with E-state index in [4.69, 9.17) is 13.9 Å². The topological polar surface area (TPSA) is 48.7 Å². The van der Waals surface area contributed by atoms with Crippen molar-refractivity contribution in [3.8, 4) is 0 Å². The number of rotatable bonds is 7. The smallest absolute Gasteiger partial charge is 0.187 e. The molecule has 22 heavy (non-hydrogen) atoms. The van der Waals surface area contributed by atoms with Crippen LogP contribution in [0.5, 0.6) is 0 Å². The Morgan fingerprint density at radius 2 is 2.05 bits per heavy atom. The van der Waals surface area contributed by atoms with Gasteiger partial charge in [0.05, 0.1) is 19.5 Å². The normalized spacial score (nSPS) is 11.2. The number of allylic oxidation sites excluding steroid dienone is 1. The number of hydrogen-bond donors (Lipinski definition) is 0. The van der Waals surface area contributed by atoms with Crippen LogP contribution in [0.15, 0.2) is 45.5 Å². The molecule has 0 radical (unpaired) electrons. The lowest BCUT2D eigenvalue weighted by Gasteiger charge is -2.11. The summed E-state index contributed by atoms with van der Waals surface area (Å²) in [6.45, 7) is 0.854. The number of halogens is 1. The highest BCUT2D eigenvalue weighted by atomic mass is 79.9. The number of ketones is 1. The molecular formula is C17H17BrO4. The number of ether oxygens (including phenoxy) is 2. The average Bonchev–Trinajstić information content (AvgIpc) is 3.02. The summed E-state index contributed by atoms with van der Waals surface area (Å²) in [6.07, 6.45) is 4.70. The number of furan rings is 1. The van der Waals surface area contributed by atoms with Crippen LogP contribution in [0.25, 0.3) is 6.08 Å². The molecule has 0 N–H and O–H groups in total. The van der Waals surface area contributed by atoms with Gasteiger partial charge in [-0.2, -0.15) is 0 Å². The standard InChI is InChI=1S/C17H17BrO4/c1-20-10-12-8-13(11-21-2)17(18)15(9-12)16(19)6-5-14-4-3-7-22-14/h3-9H,10-11H2,1-2H3/b6-5+. The first-order valence-corrected chi connectivity index (χ1v) is 7.50. The van der Waals surface area contributed by atoms with Crippen LogP contribution in [0, 0.1) is 0 Å². The maximum Gasteiger partial charge on any atom is 0.187 e. The van der Waals surface area contributed by atoms with Gasteiger partial charge in [0, 0.05) is 24.3 Å². The molecule has 0 bridgehead atoms. The van der Waals surface area contributed by atoms with E-state index in [1.54, 1.807) is 38.7 Å². The summed E-state index contributed by atoms with van der Waals surface area (Å²) < 4.78 is 16.3. The molecule has 0 saturated carbocycles. The van der Waals surface area contributed by atoms with Crippen LogP contribution in [-0.4, -0.2) is 20.0 Å². The van der Waals surface area contributed by atoms with Crippen LogP contribution >= 0.6 is 15.9 Å². The Balaban J connectivity index is 2.33.